The number of nitrogens with one attached hydrogen (secondary N) is 2. The SMILES string of the molecule is C=CCOCCNc1nncc(-c2cnnc(NCCOCC=C)n2)n1. The molecule has 2 aromatic rings. The second-order valence-electron chi connectivity index (χ2n) is 4.91. The Bertz CT molecular complexity index is 638. The van der Waals surface area contributed by atoms with Crippen molar-refractivity contribution in [2.45, 2.75) is 0 Å². The molecule has 2 heterocycles. The molecule has 0 aliphatic carbocycles. The molecule has 0 radical (unpaired) electrons. The lowest BCUT2D eigenvalue weighted by molar-refractivity contribution is 0.173. The molecular weight excluding hydrogens is 336 g/mol. The standard InChI is InChI=1S/C16H22N8O2/c1-3-7-25-9-5-17-15-21-13(11-19-23-15)14-12-20-24-16(22-14)18-6-10-26-8-4-2/h3-4,11-12H,1-2,5-10H2,(H,17,21,23)(H,18,22,24). The van der Waals surface area contributed by atoms with Crippen LogP contribution in [0, 0.1) is 0 Å². The first kappa shape index (κ1) is 19.3. The lowest BCUT2D eigenvalue weighted by Crippen LogP contribution is -2.13. The van der Waals surface area contributed by atoms with Crippen molar-refractivity contribution in [2.75, 3.05) is 50.2 Å². The molecule has 0 atom stereocenters. The van der Waals surface area contributed by atoms with Crippen LogP contribution in [0.5, 0.6) is 0 Å². The van der Waals surface area contributed by atoms with Crippen LogP contribution < -0.4 is 10.6 Å². The number of anilines is 2. The van der Waals surface area contributed by atoms with E-state index in [0.717, 1.165) is 0 Å². The number of aromatic nitrogens is 6. The molecule has 2 aromatic heterocycles. The minimum absolute atomic E-state index is 0.385. The van der Waals surface area contributed by atoms with Gasteiger partial charge in [0.1, 0.15) is 11.4 Å². The third-order valence-electron chi connectivity index (χ3n) is 2.91. The third kappa shape index (κ3) is 6.87. The summed E-state index contributed by atoms with van der Waals surface area (Å²) >= 11 is 0. The second kappa shape index (κ2) is 11.6. The quantitative estimate of drug-likeness (QED) is 0.395. The van der Waals surface area contributed by atoms with E-state index in [0.29, 0.717) is 62.8 Å². The Morgan fingerprint density at radius 3 is 1.69 bits per heavy atom. The van der Waals surface area contributed by atoms with Crippen LogP contribution in [0.4, 0.5) is 11.9 Å². The lowest BCUT2D eigenvalue weighted by atomic mass is 10.3. The van der Waals surface area contributed by atoms with Gasteiger partial charge in [-0.05, 0) is 0 Å². The van der Waals surface area contributed by atoms with Crippen molar-refractivity contribution >= 4 is 11.9 Å². The maximum atomic E-state index is 5.29. The zero-order chi connectivity index (χ0) is 18.5. The summed E-state index contributed by atoms with van der Waals surface area (Å²) in [6.45, 7) is 10.3. The second-order valence-corrected chi connectivity index (χ2v) is 4.91. The molecule has 10 heteroatoms. The van der Waals surface area contributed by atoms with Gasteiger partial charge >= 0.3 is 0 Å². The topological polar surface area (TPSA) is 120 Å². The molecular formula is C16H22N8O2. The molecule has 10 nitrogen and oxygen atoms in total. The van der Waals surface area contributed by atoms with Crippen molar-refractivity contribution in [2.24, 2.45) is 0 Å². The molecule has 0 amide bonds. The molecule has 0 saturated carbocycles. The van der Waals surface area contributed by atoms with E-state index in [1.165, 1.54) is 12.4 Å². The van der Waals surface area contributed by atoms with E-state index in [9.17, 15) is 0 Å². The number of rotatable bonds is 13. The first-order chi connectivity index (χ1) is 12.8. The Hall–Kier alpha value is -2.98. The third-order valence-corrected chi connectivity index (χ3v) is 2.91. The predicted molar refractivity (Wildman–Crippen MR) is 97.7 cm³/mol. The van der Waals surface area contributed by atoms with E-state index >= 15 is 0 Å². The molecule has 0 fully saturated rings. The first-order valence-electron chi connectivity index (χ1n) is 8.08. The molecule has 0 aromatic carbocycles. The van der Waals surface area contributed by atoms with Crippen molar-refractivity contribution in [1.29, 1.82) is 0 Å². The van der Waals surface area contributed by atoms with Gasteiger partial charge in [-0.3, -0.25) is 0 Å². The fourth-order valence-electron chi connectivity index (χ4n) is 1.81. The summed E-state index contributed by atoms with van der Waals surface area (Å²) in [5.74, 6) is 0.770. The number of nitrogens with zero attached hydrogens (tertiary/aromatic N) is 6. The van der Waals surface area contributed by atoms with Crippen molar-refractivity contribution in [3.8, 4) is 11.4 Å². The highest BCUT2D eigenvalue weighted by molar-refractivity contribution is 5.54. The monoisotopic (exact) mass is 358 g/mol. The van der Waals surface area contributed by atoms with Gasteiger partial charge in [0.25, 0.3) is 0 Å². The Morgan fingerprint density at radius 2 is 1.27 bits per heavy atom. The molecule has 2 rings (SSSR count). The summed E-state index contributed by atoms with van der Waals surface area (Å²) in [6.07, 6.45) is 6.41. The lowest BCUT2D eigenvalue weighted by Gasteiger charge is -2.07. The van der Waals surface area contributed by atoms with Gasteiger partial charge in [0.15, 0.2) is 0 Å². The summed E-state index contributed by atoms with van der Waals surface area (Å²) in [6, 6.07) is 0. The van der Waals surface area contributed by atoms with Crippen LogP contribution in [0.1, 0.15) is 0 Å². The highest BCUT2D eigenvalue weighted by Gasteiger charge is 2.07. The van der Waals surface area contributed by atoms with Crippen LogP contribution in [-0.2, 0) is 9.47 Å². The summed E-state index contributed by atoms with van der Waals surface area (Å²) in [7, 11) is 0. The number of hydrogen-bond donors (Lipinski definition) is 2. The van der Waals surface area contributed by atoms with Gasteiger partial charge in [-0.15, -0.1) is 23.4 Å². The van der Waals surface area contributed by atoms with Gasteiger partial charge < -0.3 is 20.1 Å². The fourth-order valence-corrected chi connectivity index (χ4v) is 1.81. The highest BCUT2D eigenvalue weighted by atomic mass is 16.5. The largest absolute Gasteiger partial charge is 0.376 e. The van der Waals surface area contributed by atoms with E-state index in [2.05, 4.69) is 54.2 Å². The van der Waals surface area contributed by atoms with Crippen molar-refractivity contribution in [1.82, 2.24) is 30.4 Å². The molecule has 0 aliphatic heterocycles. The maximum absolute atomic E-state index is 5.29. The van der Waals surface area contributed by atoms with E-state index in [1.807, 2.05) is 0 Å². The summed E-state index contributed by atoms with van der Waals surface area (Å²) < 4.78 is 10.6. The maximum Gasteiger partial charge on any atom is 0.243 e. The van der Waals surface area contributed by atoms with Gasteiger partial charge in [0, 0.05) is 13.1 Å². The van der Waals surface area contributed by atoms with Crippen molar-refractivity contribution in [3.63, 3.8) is 0 Å². The minimum Gasteiger partial charge on any atom is -0.376 e. The highest BCUT2D eigenvalue weighted by Crippen LogP contribution is 2.13. The molecule has 0 saturated heterocycles. The van der Waals surface area contributed by atoms with Crippen molar-refractivity contribution < 1.29 is 9.47 Å². The summed E-state index contributed by atoms with van der Waals surface area (Å²) in [4.78, 5) is 8.74. The van der Waals surface area contributed by atoms with Gasteiger partial charge in [-0.1, -0.05) is 12.2 Å². The zero-order valence-corrected chi connectivity index (χ0v) is 14.5. The Labute approximate surface area is 151 Å². The predicted octanol–water partition coefficient (Wildman–Crippen LogP) is 0.953. The van der Waals surface area contributed by atoms with Gasteiger partial charge in [0.2, 0.25) is 11.9 Å². The Balaban J connectivity index is 1.91. The van der Waals surface area contributed by atoms with Crippen LogP contribution in [0.25, 0.3) is 11.4 Å². The average Bonchev–Trinajstić information content (AvgIpc) is 2.68. The van der Waals surface area contributed by atoms with Gasteiger partial charge in [0.05, 0.1) is 38.8 Å². The normalized spacial score (nSPS) is 10.3. The molecule has 0 bridgehead atoms. The molecule has 0 aliphatic rings. The van der Waals surface area contributed by atoms with E-state index in [-0.39, 0.29) is 0 Å². The molecule has 2 N–H and O–H groups in total. The zero-order valence-electron chi connectivity index (χ0n) is 14.5. The average molecular weight is 358 g/mol. The fraction of sp³-hybridized carbons (Fsp3) is 0.375. The molecule has 26 heavy (non-hydrogen) atoms. The smallest absolute Gasteiger partial charge is 0.243 e. The summed E-state index contributed by atoms with van der Waals surface area (Å²) in [5.41, 5.74) is 1.07. The van der Waals surface area contributed by atoms with E-state index < -0.39 is 0 Å². The number of ether oxygens (including phenoxy) is 2. The molecule has 0 unspecified atom stereocenters. The number of hydrogen-bond acceptors (Lipinski definition) is 10. The van der Waals surface area contributed by atoms with Gasteiger partial charge in [-0.25, -0.2) is 9.97 Å². The molecule has 0 spiro atoms. The summed E-state index contributed by atoms with van der Waals surface area (Å²) in [5, 5.41) is 21.8. The Morgan fingerprint density at radius 1 is 0.808 bits per heavy atom. The first-order valence-corrected chi connectivity index (χ1v) is 8.08. The van der Waals surface area contributed by atoms with Crippen LogP contribution >= 0.6 is 0 Å². The van der Waals surface area contributed by atoms with Crippen molar-refractivity contribution in [3.05, 3.63) is 37.7 Å². The van der Waals surface area contributed by atoms with E-state index in [4.69, 9.17) is 9.47 Å². The van der Waals surface area contributed by atoms with Crippen LogP contribution in [0.15, 0.2) is 37.7 Å². The Kier molecular flexibility index (Phi) is 8.60. The van der Waals surface area contributed by atoms with Crippen LogP contribution in [0.2, 0.25) is 0 Å². The minimum atomic E-state index is 0.385. The van der Waals surface area contributed by atoms with Crippen LogP contribution in [0.3, 0.4) is 0 Å². The molecule has 138 valence electrons. The van der Waals surface area contributed by atoms with Gasteiger partial charge in [-0.2, -0.15) is 10.2 Å². The van der Waals surface area contributed by atoms with Crippen LogP contribution in [-0.4, -0.2) is 69.9 Å². The van der Waals surface area contributed by atoms with E-state index in [1.54, 1.807) is 12.2 Å².